The Hall–Kier alpha value is -1.08. The number of halogens is 4. The van der Waals surface area contributed by atoms with Crippen LogP contribution >= 0.6 is 12.4 Å². The van der Waals surface area contributed by atoms with Crippen LogP contribution in [0.15, 0.2) is 6.07 Å². The Kier molecular flexibility index (Phi) is 5.46. The summed E-state index contributed by atoms with van der Waals surface area (Å²) < 4.78 is 40.0. The number of nitrogens with zero attached hydrogens (tertiary/aromatic N) is 2. The molecule has 8 heteroatoms. The van der Waals surface area contributed by atoms with E-state index in [2.05, 4.69) is 14.7 Å². The van der Waals surface area contributed by atoms with Crippen molar-refractivity contribution in [2.75, 3.05) is 6.61 Å². The van der Waals surface area contributed by atoms with Crippen LogP contribution in [0.2, 0.25) is 0 Å². The van der Waals surface area contributed by atoms with Crippen molar-refractivity contribution in [3.63, 3.8) is 0 Å². The molecule has 1 heterocycles. The first kappa shape index (κ1) is 14.9. The van der Waals surface area contributed by atoms with Gasteiger partial charge >= 0.3 is 6.18 Å². The van der Waals surface area contributed by atoms with Gasteiger partial charge in [-0.05, 0) is 6.92 Å². The van der Waals surface area contributed by atoms with Crippen LogP contribution in [0.4, 0.5) is 13.2 Å². The van der Waals surface area contributed by atoms with Gasteiger partial charge in [0.05, 0.1) is 5.69 Å². The summed E-state index contributed by atoms with van der Waals surface area (Å²) >= 11 is 0. The third-order valence-corrected chi connectivity index (χ3v) is 1.46. The first-order valence-electron chi connectivity index (χ1n) is 4.15. The van der Waals surface area contributed by atoms with E-state index < -0.39 is 12.8 Å². The number of ether oxygens (including phenoxy) is 1. The minimum atomic E-state index is -4.37. The van der Waals surface area contributed by atoms with Gasteiger partial charge < -0.3 is 10.5 Å². The smallest absolute Gasteiger partial charge is 0.422 e. The molecule has 0 spiro atoms. The van der Waals surface area contributed by atoms with Gasteiger partial charge in [0.2, 0.25) is 5.88 Å². The van der Waals surface area contributed by atoms with E-state index in [1.165, 1.54) is 6.07 Å². The summed E-state index contributed by atoms with van der Waals surface area (Å²) in [5.41, 5.74) is 5.75. The van der Waals surface area contributed by atoms with Crippen molar-refractivity contribution in [3.8, 4) is 5.88 Å². The second-order valence-electron chi connectivity index (χ2n) is 2.85. The first-order valence-corrected chi connectivity index (χ1v) is 4.15. The Balaban J connectivity index is 0.00000225. The van der Waals surface area contributed by atoms with Crippen LogP contribution in [0, 0.1) is 6.92 Å². The Morgan fingerprint density at radius 2 is 2.00 bits per heavy atom. The third-order valence-electron chi connectivity index (χ3n) is 1.46. The molecule has 1 aromatic rings. The van der Waals surface area contributed by atoms with E-state index in [0.29, 0.717) is 11.5 Å². The average molecular weight is 258 g/mol. The van der Waals surface area contributed by atoms with E-state index in [4.69, 9.17) is 5.73 Å². The van der Waals surface area contributed by atoms with Crippen LogP contribution in [0.25, 0.3) is 0 Å². The number of aromatic nitrogens is 2. The number of alkyl halides is 3. The summed E-state index contributed by atoms with van der Waals surface area (Å²) in [5.74, 6) is 0.218. The summed E-state index contributed by atoms with van der Waals surface area (Å²) in [6.45, 7) is 0.318. The molecule has 0 amide bonds. The van der Waals surface area contributed by atoms with Crippen molar-refractivity contribution in [2.45, 2.75) is 19.6 Å². The fourth-order valence-electron chi connectivity index (χ4n) is 0.934. The van der Waals surface area contributed by atoms with Crippen LogP contribution in [-0.2, 0) is 6.54 Å². The second kappa shape index (κ2) is 5.86. The number of rotatable bonds is 3. The largest absolute Gasteiger partial charge is 0.468 e. The van der Waals surface area contributed by atoms with Gasteiger partial charge in [0, 0.05) is 12.6 Å². The Morgan fingerprint density at radius 3 is 2.50 bits per heavy atom. The number of nitrogens with two attached hydrogens (primary N) is 1. The summed E-state index contributed by atoms with van der Waals surface area (Å²) in [6.07, 6.45) is -4.37. The molecule has 0 saturated carbocycles. The molecule has 0 aliphatic heterocycles. The van der Waals surface area contributed by atoms with E-state index in [-0.39, 0.29) is 24.8 Å². The SMILES string of the molecule is Cc1nc(CN)cc(OCC(F)(F)F)n1.Cl. The molecule has 0 unspecified atom stereocenters. The zero-order chi connectivity index (χ0) is 11.5. The van der Waals surface area contributed by atoms with Crippen LogP contribution in [0.5, 0.6) is 5.88 Å². The molecule has 0 fully saturated rings. The highest BCUT2D eigenvalue weighted by atomic mass is 35.5. The lowest BCUT2D eigenvalue weighted by molar-refractivity contribution is -0.154. The Bertz CT molecular complexity index is 346. The summed E-state index contributed by atoms with van der Waals surface area (Å²) in [4.78, 5) is 7.60. The predicted molar refractivity (Wildman–Crippen MR) is 53.5 cm³/mol. The maximum absolute atomic E-state index is 11.8. The second-order valence-corrected chi connectivity index (χ2v) is 2.85. The number of hydrogen-bond acceptors (Lipinski definition) is 4. The van der Waals surface area contributed by atoms with E-state index in [9.17, 15) is 13.2 Å². The lowest BCUT2D eigenvalue weighted by atomic mass is 10.4. The first-order chi connectivity index (χ1) is 6.90. The fraction of sp³-hybridized carbons (Fsp3) is 0.500. The molecule has 0 bridgehead atoms. The molecule has 2 N–H and O–H groups in total. The Labute approximate surface area is 96.4 Å². The molecule has 4 nitrogen and oxygen atoms in total. The topological polar surface area (TPSA) is 61.0 Å². The van der Waals surface area contributed by atoms with Crippen molar-refractivity contribution < 1.29 is 17.9 Å². The number of aryl methyl sites for hydroxylation is 1. The van der Waals surface area contributed by atoms with Crippen molar-refractivity contribution in [1.29, 1.82) is 0 Å². The summed E-state index contributed by atoms with van der Waals surface area (Å²) in [6, 6.07) is 1.29. The molecular weight excluding hydrogens is 247 g/mol. The van der Waals surface area contributed by atoms with Crippen LogP contribution in [0.1, 0.15) is 11.5 Å². The molecule has 0 aliphatic rings. The molecule has 0 saturated heterocycles. The zero-order valence-electron chi connectivity index (χ0n) is 8.41. The lowest BCUT2D eigenvalue weighted by Crippen LogP contribution is -2.20. The summed E-state index contributed by atoms with van der Waals surface area (Å²) in [5, 5.41) is 0. The average Bonchev–Trinajstić information content (AvgIpc) is 2.13. The van der Waals surface area contributed by atoms with Crippen LogP contribution in [-0.4, -0.2) is 22.8 Å². The highest BCUT2D eigenvalue weighted by Gasteiger charge is 2.28. The molecule has 92 valence electrons. The minimum absolute atomic E-state index is 0. The quantitative estimate of drug-likeness (QED) is 0.894. The zero-order valence-corrected chi connectivity index (χ0v) is 9.23. The van der Waals surface area contributed by atoms with Gasteiger partial charge in [0.15, 0.2) is 6.61 Å². The molecule has 16 heavy (non-hydrogen) atoms. The number of hydrogen-bond donors (Lipinski definition) is 1. The van der Waals surface area contributed by atoms with E-state index >= 15 is 0 Å². The maximum Gasteiger partial charge on any atom is 0.422 e. The Morgan fingerprint density at radius 1 is 1.38 bits per heavy atom. The van der Waals surface area contributed by atoms with Gasteiger partial charge in [-0.15, -0.1) is 12.4 Å². The molecule has 0 aliphatic carbocycles. The van der Waals surface area contributed by atoms with Gasteiger partial charge in [-0.3, -0.25) is 0 Å². The monoisotopic (exact) mass is 257 g/mol. The van der Waals surface area contributed by atoms with Crippen LogP contribution in [0.3, 0.4) is 0 Å². The summed E-state index contributed by atoms with van der Waals surface area (Å²) in [7, 11) is 0. The van der Waals surface area contributed by atoms with Gasteiger partial charge in [-0.25, -0.2) is 4.98 Å². The fourth-order valence-corrected chi connectivity index (χ4v) is 0.934. The standard InChI is InChI=1S/C8H10F3N3O.ClH/c1-5-13-6(3-12)2-7(14-5)15-4-8(9,10)11;/h2H,3-4,12H2,1H3;1H. The molecular formula is C8H11ClF3N3O. The highest BCUT2D eigenvalue weighted by Crippen LogP contribution is 2.17. The normalized spacial score (nSPS) is 10.8. The lowest BCUT2D eigenvalue weighted by Gasteiger charge is -2.09. The molecule has 0 radical (unpaired) electrons. The van der Waals surface area contributed by atoms with Crippen LogP contribution < -0.4 is 10.5 Å². The van der Waals surface area contributed by atoms with Gasteiger partial charge in [0.1, 0.15) is 5.82 Å². The third kappa shape index (κ3) is 5.13. The van der Waals surface area contributed by atoms with Crippen molar-refractivity contribution in [3.05, 3.63) is 17.6 Å². The highest BCUT2D eigenvalue weighted by molar-refractivity contribution is 5.85. The van der Waals surface area contributed by atoms with Gasteiger partial charge in [0.25, 0.3) is 0 Å². The molecule has 0 aromatic carbocycles. The van der Waals surface area contributed by atoms with E-state index in [1.54, 1.807) is 6.92 Å². The predicted octanol–water partition coefficient (Wildman–Crippen LogP) is 1.61. The van der Waals surface area contributed by atoms with Crippen molar-refractivity contribution in [1.82, 2.24) is 9.97 Å². The maximum atomic E-state index is 11.8. The minimum Gasteiger partial charge on any atom is -0.468 e. The van der Waals surface area contributed by atoms with Gasteiger partial charge in [-0.2, -0.15) is 18.2 Å². The van der Waals surface area contributed by atoms with E-state index in [0.717, 1.165) is 0 Å². The molecule has 1 rings (SSSR count). The van der Waals surface area contributed by atoms with Crippen molar-refractivity contribution in [2.24, 2.45) is 5.73 Å². The van der Waals surface area contributed by atoms with E-state index in [1.807, 2.05) is 0 Å². The molecule has 1 aromatic heterocycles. The van der Waals surface area contributed by atoms with Crippen molar-refractivity contribution >= 4 is 12.4 Å². The molecule has 0 atom stereocenters. The van der Waals surface area contributed by atoms with Gasteiger partial charge in [-0.1, -0.05) is 0 Å².